The van der Waals surface area contributed by atoms with Crippen LogP contribution in [0.3, 0.4) is 0 Å². The second-order valence-electron chi connectivity index (χ2n) is 9.86. The zero-order valence-corrected chi connectivity index (χ0v) is 21.4. The van der Waals surface area contributed by atoms with Gasteiger partial charge in [-0.3, -0.25) is 9.59 Å². The summed E-state index contributed by atoms with van der Waals surface area (Å²) in [7, 11) is 0. The third kappa shape index (κ3) is 4.77. The van der Waals surface area contributed by atoms with Crippen molar-refractivity contribution in [3.8, 4) is 17.2 Å². The lowest BCUT2D eigenvalue weighted by Crippen LogP contribution is -2.29. The van der Waals surface area contributed by atoms with E-state index in [9.17, 15) is 14.7 Å². The number of amides is 1. The van der Waals surface area contributed by atoms with Gasteiger partial charge in [0, 0.05) is 18.5 Å². The van der Waals surface area contributed by atoms with Crippen molar-refractivity contribution < 1.29 is 24.2 Å². The quantitative estimate of drug-likeness (QED) is 0.181. The number of aliphatic hydroxyl groups excluding tert-OH is 1. The average Bonchev–Trinajstić information content (AvgIpc) is 3.45. The number of carbonyl (C=O) groups is 2. The highest BCUT2D eigenvalue weighted by atomic mass is 16.5. The number of rotatable bonds is 6. The Morgan fingerprint density at radius 3 is 2.38 bits per heavy atom. The molecule has 0 radical (unpaired) electrons. The minimum absolute atomic E-state index is 0.0428. The predicted octanol–water partition coefficient (Wildman–Crippen LogP) is 6.42. The van der Waals surface area contributed by atoms with Gasteiger partial charge in [-0.05, 0) is 66.1 Å². The van der Waals surface area contributed by atoms with Gasteiger partial charge in [-0.2, -0.15) is 0 Å². The Hall–Kier alpha value is -4.84. The van der Waals surface area contributed by atoms with Crippen molar-refractivity contribution in [1.29, 1.82) is 0 Å². The molecule has 2 aliphatic heterocycles. The Balaban J connectivity index is 1.45. The summed E-state index contributed by atoms with van der Waals surface area (Å²) in [6.07, 6.45) is 0.752. The van der Waals surface area contributed by atoms with E-state index in [1.54, 1.807) is 12.1 Å². The fourth-order valence-corrected chi connectivity index (χ4v) is 5.27. The minimum Gasteiger partial charge on any atom is -0.507 e. The summed E-state index contributed by atoms with van der Waals surface area (Å²) in [6.45, 7) is 2.20. The third-order valence-electron chi connectivity index (χ3n) is 7.06. The molecule has 1 amide bonds. The van der Waals surface area contributed by atoms with Gasteiger partial charge >= 0.3 is 0 Å². The molecule has 0 unspecified atom stereocenters. The summed E-state index contributed by atoms with van der Waals surface area (Å²) in [5.74, 6) is 0.428. The number of fused-ring (bicyclic) bond motifs is 1. The van der Waals surface area contributed by atoms with Crippen LogP contribution in [0.2, 0.25) is 0 Å². The number of ether oxygens (including phenoxy) is 2. The number of carbonyl (C=O) groups excluding carboxylic acids is 2. The molecule has 0 aromatic heterocycles. The molecular weight excluding hydrogens is 490 g/mol. The van der Waals surface area contributed by atoms with Crippen molar-refractivity contribution in [3.63, 3.8) is 0 Å². The van der Waals surface area contributed by atoms with E-state index in [0.29, 0.717) is 29.0 Å². The molecule has 6 nitrogen and oxygen atoms in total. The molecule has 2 heterocycles. The number of para-hydroxylation sites is 1. The van der Waals surface area contributed by atoms with Gasteiger partial charge in [-0.1, -0.05) is 60.7 Å². The Bertz CT molecular complexity index is 1580. The van der Waals surface area contributed by atoms with Crippen molar-refractivity contribution in [2.75, 3.05) is 0 Å². The molecule has 0 bridgehead atoms. The van der Waals surface area contributed by atoms with E-state index in [2.05, 4.69) is 0 Å². The smallest absolute Gasteiger partial charge is 0.295 e. The van der Waals surface area contributed by atoms with Crippen LogP contribution < -0.4 is 9.47 Å². The maximum Gasteiger partial charge on any atom is 0.295 e. The molecule has 0 aliphatic carbocycles. The molecule has 6 heteroatoms. The number of likely N-dealkylation sites (tertiary alicyclic amines) is 1. The maximum atomic E-state index is 13.5. The molecule has 1 fully saturated rings. The summed E-state index contributed by atoms with van der Waals surface area (Å²) < 4.78 is 11.8. The second-order valence-corrected chi connectivity index (χ2v) is 9.86. The van der Waals surface area contributed by atoms with Crippen molar-refractivity contribution in [2.45, 2.75) is 32.0 Å². The van der Waals surface area contributed by atoms with Gasteiger partial charge in [-0.15, -0.1) is 0 Å². The van der Waals surface area contributed by atoms with Gasteiger partial charge in [0.1, 0.15) is 29.1 Å². The van der Waals surface area contributed by atoms with Crippen LogP contribution in [-0.4, -0.2) is 27.8 Å². The third-order valence-corrected chi connectivity index (χ3v) is 7.06. The van der Waals surface area contributed by atoms with Crippen LogP contribution in [0.4, 0.5) is 0 Å². The van der Waals surface area contributed by atoms with Crippen LogP contribution in [0.25, 0.3) is 5.76 Å². The minimum atomic E-state index is -0.798. The highest BCUT2D eigenvalue weighted by molar-refractivity contribution is 6.46. The highest BCUT2D eigenvalue weighted by Gasteiger charge is 2.46. The molecule has 2 aliphatic rings. The standard InChI is InChI=1S/C33H27NO5/c1-21-17-25-18-24(15-16-28(25)38-21)31(35)29-30(34(33(37)32(29)36)20-22-9-4-2-5-10-22)23-11-8-14-27(19-23)39-26-12-6-3-7-13-26/h2-16,18-19,21,30,35H,17,20H2,1H3/t21-,30+/m1/s1. The molecule has 0 saturated carbocycles. The largest absolute Gasteiger partial charge is 0.507 e. The lowest BCUT2D eigenvalue weighted by Gasteiger charge is -2.26. The Morgan fingerprint density at radius 1 is 0.897 bits per heavy atom. The number of benzene rings is 4. The Morgan fingerprint density at radius 2 is 1.62 bits per heavy atom. The monoisotopic (exact) mass is 517 g/mol. The van der Waals surface area contributed by atoms with E-state index in [4.69, 9.17) is 9.47 Å². The molecule has 4 aromatic rings. The number of hydrogen-bond acceptors (Lipinski definition) is 5. The summed E-state index contributed by atoms with van der Waals surface area (Å²) in [4.78, 5) is 28.4. The van der Waals surface area contributed by atoms with Gasteiger partial charge in [-0.25, -0.2) is 0 Å². The molecule has 4 aromatic carbocycles. The first-order chi connectivity index (χ1) is 19.0. The molecular formula is C33H27NO5. The summed E-state index contributed by atoms with van der Waals surface area (Å²) in [5, 5.41) is 11.5. The molecule has 1 N–H and O–H groups in total. The van der Waals surface area contributed by atoms with Crippen LogP contribution in [0.1, 0.15) is 35.2 Å². The van der Waals surface area contributed by atoms with E-state index < -0.39 is 17.7 Å². The Labute approximate surface area is 226 Å². The van der Waals surface area contributed by atoms with Gasteiger partial charge in [0.2, 0.25) is 0 Å². The molecule has 2 atom stereocenters. The van der Waals surface area contributed by atoms with Crippen molar-refractivity contribution in [2.24, 2.45) is 0 Å². The first-order valence-electron chi connectivity index (χ1n) is 12.9. The molecule has 194 valence electrons. The fourth-order valence-electron chi connectivity index (χ4n) is 5.27. The van der Waals surface area contributed by atoms with Crippen LogP contribution >= 0.6 is 0 Å². The van der Waals surface area contributed by atoms with Crippen molar-refractivity contribution in [1.82, 2.24) is 4.90 Å². The number of Topliss-reactive ketones (excluding diaryl/α,β-unsaturated/α-hetero) is 1. The normalized spacial score (nSPS) is 19.6. The van der Waals surface area contributed by atoms with Crippen LogP contribution in [-0.2, 0) is 22.6 Å². The molecule has 1 saturated heterocycles. The fraction of sp³-hybridized carbons (Fsp3) is 0.152. The van der Waals surface area contributed by atoms with Crippen LogP contribution in [0, 0.1) is 0 Å². The summed E-state index contributed by atoms with van der Waals surface area (Å²) in [5.41, 5.74) is 3.04. The lowest BCUT2D eigenvalue weighted by atomic mass is 9.94. The van der Waals surface area contributed by atoms with E-state index >= 15 is 0 Å². The zero-order valence-electron chi connectivity index (χ0n) is 21.4. The van der Waals surface area contributed by atoms with E-state index in [1.807, 2.05) is 97.9 Å². The highest BCUT2D eigenvalue weighted by Crippen LogP contribution is 2.42. The maximum absolute atomic E-state index is 13.5. The van der Waals surface area contributed by atoms with Crippen LogP contribution in [0.5, 0.6) is 17.2 Å². The second kappa shape index (κ2) is 10.1. The topological polar surface area (TPSA) is 76.1 Å². The molecule has 0 spiro atoms. The van der Waals surface area contributed by atoms with Gasteiger partial charge < -0.3 is 19.5 Å². The summed E-state index contributed by atoms with van der Waals surface area (Å²) in [6, 6.07) is 30.8. The number of nitrogens with zero attached hydrogens (tertiary/aromatic N) is 1. The zero-order chi connectivity index (χ0) is 26.9. The first kappa shape index (κ1) is 24.5. The Kier molecular flexibility index (Phi) is 6.37. The van der Waals surface area contributed by atoms with E-state index in [1.165, 1.54) is 4.90 Å². The van der Waals surface area contributed by atoms with Gasteiger partial charge in [0.25, 0.3) is 11.7 Å². The van der Waals surface area contributed by atoms with Crippen LogP contribution in [0.15, 0.2) is 109 Å². The SMILES string of the molecule is C[C@@H]1Cc2cc(C(O)=C3C(=O)C(=O)N(Cc4ccccc4)[C@H]3c3cccc(Oc4ccccc4)c3)ccc2O1. The molecule has 6 rings (SSSR count). The number of ketones is 1. The van der Waals surface area contributed by atoms with E-state index in [-0.39, 0.29) is 24.0 Å². The predicted molar refractivity (Wildman–Crippen MR) is 147 cm³/mol. The molecule has 39 heavy (non-hydrogen) atoms. The van der Waals surface area contributed by atoms with Gasteiger partial charge in [0.15, 0.2) is 0 Å². The summed E-state index contributed by atoms with van der Waals surface area (Å²) >= 11 is 0. The van der Waals surface area contributed by atoms with E-state index in [0.717, 1.165) is 16.9 Å². The lowest BCUT2D eigenvalue weighted by molar-refractivity contribution is -0.140. The van der Waals surface area contributed by atoms with Gasteiger partial charge in [0.05, 0.1) is 11.6 Å². The average molecular weight is 518 g/mol. The number of hydrogen-bond donors (Lipinski definition) is 1. The van der Waals surface area contributed by atoms with Crippen molar-refractivity contribution in [3.05, 3.63) is 131 Å². The van der Waals surface area contributed by atoms with Crippen molar-refractivity contribution >= 4 is 17.4 Å². The number of aliphatic hydroxyl groups is 1. The first-order valence-corrected chi connectivity index (χ1v) is 12.9.